The minimum absolute atomic E-state index is 0.0260. The van der Waals surface area contributed by atoms with Crippen LogP contribution in [0.1, 0.15) is 30.1 Å². The van der Waals surface area contributed by atoms with Crippen LogP contribution in [0.25, 0.3) is 0 Å². The molecule has 5 heteroatoms. The molecule has 1 saturated carbocycles. The molecule has 3 rings (SSSR count). The summed E-state index contributed by atoms with van der Waals surface area (Å²) in [6.45, 7) is 2.15. The molecule has 2 aromatic rings. The summed E-state index contributed by atoms with van der Waals surface area (Å²) < 4.78 is 5.35. The number of nitrogens with zero attached hydrogens (tertiary/aromatic N) is 1. The summed E-state index contributed by atoms with van der Waals surface area (Å²) in [6, 6.07) is 7.52. The lowest BCUT2D eigenvalue weighted by atomic mass is 9.95. The number of anilines is 1. The molecule has 0 bridgehead atoms. The normalized spacial score (nSPS) is 15.8. The van der Waals surface area contributed by atoms with Crippen molar-refractivity contribution in [3.63, 3.8) is 0 Å². The van der Waals surface area contributed by atoms with Crippen molar-refractivity contribution in [3.05, 3.63) is 47.7 Å². The molecule has 0 atom stereocenters. The van der Waals surface area contributed by atoms with Gasteiger partial charge in [0.2, 0.25) is 11.8 Å². The summed E-state index contributed by atoms with van der Waals surface area (Å²) >= 11 is 0. The molecule has 1 aromatic heterocycles. The van der Waals surface area contributed by atoms with Gasteiger partial charge < -0.3 is 15.5 Å². The van der Waals surface area contributed by atoms with E-state index in [1.165, 1.54) is 0 Å². The van der Waals surface area contributed by atoms with Crippen molar-refractivity contribution in [2.45, 2.75) is 31.7 Å². The summed E-state index contributed by atoms with van der Waals surface area (Å²) in [5, 5.41) is 2.90. The fourth-order valence-corrected chi connectivity index (χ4v) is 2.38. The third-order valence-electron chi connectivity index (χ3n) is 3.72. The largest absolute Gasteiger partial charge is 0.444 e. The summed E-state index contributed by atoms with van der Waals surface area (Å²) in [5.74, 6) is 1.30. The van der Waals surface area contributed by atoms with E-state index in [4.69, 9.17) is 10.2 Å². The minimum atomic E-state index is -0.394. The molecule has 0 saturated heterocycles. The number of nitrogens with two attached hydrogens (primary N) is 1. The molecular weight excluding hydrogens is 254 g/mol. The van der Waals surface area contributed by atoms with Crippen molar-refractivity contribution in [3.8, 4) is 0 Å². The number of nitrogens with one attached hydrogen (secondary N) is 1. The highest BCUT2D eigenvalue weighted by Gasteiger charge is 2.51. The molecule has 0 radical (unpaired) electrons. The Kier molecular flexibility index (Phi) is 2.97. The second-order valence-electron chi connectivity index (χ2n) is 5.25. The number of carbonyl (C=O) groups is 1. The molecule has 0 unspecified atom stereocenters. The van der Waals surface area contributed by atoms with Crippen molar-refractivity contribution < 1.29 is 9.21 Å². The third-order valence-corrected chi connectivity index (χ3v) is 3.72. The maximum absolute atomic E-state index is 12.4. The first-order valence-electron chi connectivity index (χ1n) is 6.66. The van der Waals surface area contributed by atoms with Gasteiger partial charge in [0.15, 0.2) is 0 Å². The lowest BCUT2D eigenvalue weighted by molar-refractivity contribution is -0.123. The predicted octanol–water partition coefficient (Wildman–Crippen LogP) is 1.91. The Balaban J connectivity index is 1.68. The van der Waals surface area contributed by atoms with Gasteiger partial charge in [-0.1, -0.05) is 12.1 Å². The number of oxazole rings is 1. The number of aryl methyl sites for hydroxylation is 1. The standard InChI is InChI=1S/C15H17N3O2/c1-10-8-17-13(20-10)9-18-14(19)15(6-7-15)11-2-4-12(16)5-3-11/h2-5,8H,6-7,9,16H2,1H3,(H,18,19). The highest BCUT2D eigenvalue weighted by atomic mass is 16.4. The molecule has 1 aliphatic rings. The summed E-state index contributed by atoms with van der Waals surface area (Å²) in [5.41, 5.74) is 7.02. The third kappa shape index (κ3) is 2.27. The van der Waals surface area contributed by atoms with Crippen LogP contribution in [-0.4, -0.2) is 10.9 Å². The summed E-state index contributed by atoms with van der Waals surface area (Å²) in [7, 11) is 0. The van der Waals surface area contributed by atoms with Crippen molar-refractivity contribution in [2.24, 2.45) is 0 Å². The molecule has 1 aliphatic carbocycles. The second-order valence-corrected chi connectivity index (χ2v) is 5.25. The minimum Gasteiger partial charge on any atom is -0.444 e. The van der Waals surface area contributed by atoms with Gasteiger partial charge in [0.05, 0.1) is 18.2 Å². The number of rotatable bonds is 4. The van der Waals surface area contributed by atoms with Crippen LogP contribution < -0.4 is 11.1 Å². The Labute approximate surface area is 117 Å². The number of aromatic nitrogens is 1. The van der Waals surface area contributed by atoms with Crippen LogP contribution in [0.4, 0.5) is 5.69 Å². The number of hydrogen-bond acceptors (Lipinski definition) is 4. The average Bonchev–Trinajstić information content (AvgIpc) is 3.15. The molecule has 1 aromatic carbocycles. The van der Waals surface area contributed by atoms with E-state index in [1.807, 2.05) is 31.2 Å². The highest BCUT2D eigenvalue weighted by Crippen LogP contribution is 2.48. The van der Waals surface area contributed by atoms with Crippen LogP contribution in [0, 0.1) is 6.92 Å². The molecule has 20 heavy (non-hydrogen) atoms. The van der Waals surface area contributed by atoms with Gasteiger partial charge in [0.25, 0.3) is 0 Å². The maximum atomic E-state index is 12.4. The predicted molar refractivity (Wildman–Crippen MR) is 74.9 cm³/mol. The average molecular weight is 271 g/mol. The van der Waals surface area contributed by atoms with Crippen molar-refractivity contribution >= 4 is 11.6 Å². The highest BCUT2D eigenvalue weighted by molar-refractivity contribution is 5.91. The van der Waals surface area contributed by atoms with E-state index in [0.29, 0.717) is 18.1 Å². The van der Waals surface area contributed by atoms with E-state index >= 15 is 0 Å². The zero-order chi connectivity index (χ0) is 14.2. The topological polar surface area (TPSA) is 81.2 Å². The van der Waals surface area contributed by atoms with Crippen molar-refractivity contribution in [2.75, 3.05) is 5.73 Å². The Hall–Kier alpha value is -2.30. The van der Waals surface area contributed by atoms with E-state index in [-0.39, 0.29) is 5.91 Å². The number of hydrogen-bond donors (Lipinski definition) is 2. The van der Waals surface area contributed by atoms with Gasteiger partial charge in [-0.05, 0) is 37.5 Å². The number of benzene rings is 1. The van der Waals surface area contributed by atoms with E-state index in [2.05, 4.69) is 10.3 Å². The van der Waals surface area contributed by atoms with Crippen molar-refractivity contribution in [1.29, 1.82) is 0 Å². The molecule has 5 nitrogen and oxygen atoms in total. The van der Waals surface area contributed by atoms with Crippen molar-refractivity contribution in [1.82, 2.24) is 10.3 Å². The Morgan fingerprint density at radius 2 is 2.10 bits per heavy atom. The lowest BCUT2D eigenvalue weighted by Gasteiger charge is -2.15. The van der Waals surface area contributed by atoms with E-state index in [1.54, 1.807) is 6.20 Å². The van der Waals surface area contributed by atoms with Gasteiger partial charge in [-0.25, -0.2) is 4.98 Å². The monoisotopic (exact) mass is 271 g/mol. The molecule has 0 aliphatic heterocycles. The molecule has 104 valence electrons. The van der Waals surface area contributed by atoms with E-state index < -0.39 is 5.41 Å². The van der Waals surface area contributed by atoms with Crippen LogP contribution in [0.15, 0.2) is 34.9 Å². The zero-order valence-corrected chi connectivity index (χ0v) is 11.3. The number of amides is 1. The van der Waals surface area contributed by atoms with Crippen LogP contribution in [-0.2, 0) is 16.8 Å². The summed E-state index contributed by atoms with van der Waals surface area (Å²) in [4.78, 5) is 16.5. The Morgan fingerprint density at radius 3 is 2.65 bits per heavy atom. The zero-order valence-electron chi connectivity index (χ0n) is 11.3. The van der Waals surface area contributed by atoms with Crippen LogP contribution >= 0.6 is 0 Å². The van der Waals surface area contributed by atoms with E-state index in [0.717, 1.165) is 24.2 Å². The van der Waals surface area contributed by atoms with Crippen LogP contribution in [0.2, 0.25) is 0 Å². The smallest absolute Gasteiger partial charge is 0.231 e. The molecule has 1 heterocycles. The van der Waals surface area contributed by atoms with E-state index in [9.17, 15) is 4.79 Å². The first-order valence-corrected chi connectivity index (χ1v) is 6.66. The first-order chi connectivity index (χ1) is 9.60. The maximum Gasteiger partial charge on any atom is 0.231 e. The number of carbonyl (C=O) groups excluding carboxylic acids is 1. The van der Waals surface area contributed by atoms with Gasteiger partial charge in [-0.2, -0.15) is 0 Å². The van der Waals surface area contributed by atoms with Gasteiger partial charge in [-0.15, -0.1) is 0 Å². The summed E-state index contributed by atoms with van der Waals surface area (Å²) in [6.07, 6.45) is 3.38. The SMILES string of the molecule is Cc1cnc(CNC(=O)C2(c3ccc(N)cc3)CC2)o1. The Bertz CT molecular complexity index is 627. The fraction of sp³-hybridized carbons (Fsp3) is 0.333. The quantitative estimate of drug-likeness (QED) is 0.832. The molecule has 1 amide bonds. The molecule has 3 N–H and O–H groups in total. The second kappa shape index (κ2) is 4.67. The lowest BCUT2D eigenvalue weighted by Crippen LogP contribution is -2.34. The van der Waals surface area contributed by atoms with Gasteiger partial charge in [0, 0.05) is 5.69 Å². The Morgan fingerprint density at radius 1 is 1.40 bits per heavy atom. The molecular formula is C15H17N3O2. The van der Waals surface area contributed by atoms with Crippen LogP contribution in [0.3, 0.4) is 0 Å². The van der Waals surface area contributed by atoms with Gasteiger partial charge in [-0.3, -0.25) is 4.79 Å². The van der Waals surface area contributed by atoms with Gasteiger partial charge >= 0.3 is 0 Å². The molecule has 1 fully saturated rings. The fourth-order valence-electron chi connectivity index (χ4n) is 2.38. The molecule has 0 spiro atoms. The van der Waals surface area contributed by atoms with Crippen LogP contribution in [0.5, 0.6) is 0 Å². The first kappa shape index (κ1) is 12.7. The van der Waals surface area contributed by atoms with Gasteiger partial charge in [0.1, 0.15) is 5.76 Å². The number of nitrogen functional groups attached to an aromatic ring is 1.